The molecule has 2 rings (SSSR count). The molecule has 1 saturated heterocycles. The van der Waals surface area contributed by atoms with E-state index in [0.29, 0.717) is 0 Å². The average Bonchev–Trinajstić information content (AvgIpc) is 2.65. The van der Waals surface area contributed by atoms with Gasteiger partial charge in [-0.3, -0.25) is 0 Å². The third-order valence-electron chi connectivity index (χ3n) is 3.41. The molecule has 3 nitrogen and oxygen atoms in total. The van der Waals surface area contributed by atoms with Gasteiger partial charge in [-0.2, -0.15) is 0 Å². The molecule has 0 aromatic heterocycles. The van der Waals surface area contributed by atoms with Crippen molar-refractivity contribution in [1.82, 2.24) is 0 Å². The van der Waals surface area contributed by atoms with Crippen LogP contribution in [0, 0.1) is 13.8 Å². The Kier molecular flexibility index (Phi) is 2.91. The van der Waals surface area contributed by atoms with Crippen molar-refractivity contribution < 1.29 is 5.11 Å². The van der Waals surface area contributed by atoms with Crippen LogP contribution in [-0.4, -0.2) is 30.3 Å². The Morgan fingerprint density at radius 3 is 2.81 bits per heavy atom. The standard InChI is InChI=1S/C13H20N2O/c1-10-3-4-11(2)12(7-10)15-6-5-13(14,8-15)9-16/h3-4,7,16H,5-6,8-9,14H2,1-2H3. The first-order chi connectivity index (χ1) is 7.54. The molecule has 1 fully saturated rings. The van der Waals surface area contributed by atoms with Gasteiger partial charge in [0.1, 0.15) is 0 Å². The smallest absolute Gasteiger partial charge is 0.0629 e. The molecule has 1 aliphatic rings. The molecule has 0 saturated carbocycles. The first kappa shape index (κ1) is 11.4. The van der Waals surface area contributed by atoms with E-state index in [-0.39, 0.29) is 6.61 Å². The van der Waals surface area contributed by atoms with Crippen molar-refractivity contribution in [2.24, 2.45) is 5.73 Å². The third-order valence-corrected chi connectivity index (χ3v) is 3.41. The van der Waals surface area contributed by atoms with Crippen LogP contribution in [0.4, 0.5) is 5.69 Å². The van der Waals surface area contributed by atoms with E-state index < -0.39 is 5.54 Å². The lowest BCUT2D eigenvalue weighted by Gasteiger charge is -2.24. The van der Waals surface area contributed by atoms with Gasteiger partial charge < -0.3 is 15.7 Å². The summed E-state index contributed by atoms with van der Waals surface area (Å²) < 4.78 is 0. The third kappa shape index (κ3) is 2.06. The number of aliphatic hydroxyl groups excluding tert-OH is 1. The van der Waals surface area contributed by atoms with E-state index >= 15 is 0 Å². The van der Waals surface area contributed by atoms with Gasteiger partial charge in [-0.05, 0) is 37.5 Å². The summed E-state index contributed by atoms with van der Waals surface area (Å²) in [5.41, 5.74) is 9.45. The molecular weight excluding hydrogens is 200 g/mol. The number of aryl methyl sites for hydroxylation is 2. The van der Waals surface area contributed by atoms with E-state index in [0.717, 1.165) is 19.5 Å². The van der Waals surface area contributed by atoms with E-state index in [1.54, 1.807) is 0 Å². The number of anilines is 1. The largest absolute Gasteiger partial charge is 0.394 e. The zero-order valence-corrected chi connectivity index (χ0v) is 10.0. The Morgan fingerprint density at radius 1 is 1.44 bits per heavy atom. The summed E-state index contributed by atoms with van der Waals surface area (Å²) in [6.45, 7) is 5.95. The number of hydrogen-bond donors (Lipinski definition) is 2. The lowest BCUT2D eigenvalue weighted by Crippen LogP contribution is -2.46. The summed E-state index contributed by atoms with van der Waals surface area (Å²) in [6.07, 6.45) is 0.858. The van der Waals surface area contributed by atoms with Crippen molar-refractivity contribution >= 4 is 5.69 Å². The molecular formula is C13H20N2O. The SMILES string of the molecule is Cc1ccc(C)c(N2CCC(N)(CO)C2)c1. The molecule has 1 heterocycles. The van der Waals surface area contributed by atoms with Crippen molar-refractivity contribution in [3.63, 3.8) is 0 Å². The Morgan fingerprint density at radius 2 is 2.19 bits per heavy atom. The molecule has 0 spiro atoms. The van der Waals surface area contributed by atoms with Crippen LogP contribution >= 0.6 is 0 Å². The van der Waals surface area contributed by atoms with Gasteiger partial charge in [-0.1, -0.05) is 12.1 Å². The van der Waals surface area contributed by atoms with Crippen LogP contribution in [0.3, 0.4) is 0 Å². The molecule has 0 bridgehead atoms. The second-order valence-electron chi connectivity index (χ2n) is 4.98. The van der Waals surface area contributed by atoms with Gasteiger partial charge in [0.25, 0.3) is 0 Å². The number of nitrogens with two attached hydrogens (primary N) is 1. The molecule has 0 amide bonds. The number of nitrogens with zero attached hydrogens (tertiary/aromatic N) is 1. The van der Waals surface area contributed by atoms with Gasteiger partial charge in [-0.25, -0.2) is 0 Å². The highest BCUT2D eigenvalue weighted by Crippen LogP contribution is 2.28. The molecule has 3 N–H and O–H groups in total. The molecule has 1 atom stereocenters. The minimum atomic E-state index is -0.420. The van der Waals surface area contributed by atoms with E-state index in [2.05, 4.69) is 36.9 Å². The molecule has 88 valence electrons. The van der Waals surface area contributed by atoms with Gasteiger partial charge in [-0.15, -0.1) is 0 Å². The fourth-order valence-corrected chi connectivity index (χ4v) is 2.29. The predicted octanol–water partition coefficient (Wildman–Crippen LogP) is 1.20. The summed E-state index contributed by atoms with van der Waals surface area (Å²) in [4.78, 5) is 2.28. The van der Waals surface area contributed by atoms with Crippen molar-refractivity contribution in [1.29, 1.82) is 0 Å². The topological polar surface area (TPSA) is 49.5 Å². The molecule has 1 aliphatic heterocycles. The maximum Gasteiger partial charge on any atom is 0.0629 e. The summed E-state index contributed by atoms with van der Waals surface area (Å²) in [6, 6.07) is 6.45. The Bertz CT molecular complexity index is 392. The van der Waals surface area contributed by atoms with Gasteiger partial charge >= 0.3 is 0 Å². The van der Waals surface area contributed by atoms with E-state index in [9.17, 15) is 5.11 Å². The Labute approximate surface area is 96.9 Å². The highest BCUT2D eigenvalue weighted by molar-refractivity contribution is 5.56. The van der Waals surface area contributed by atoms with Crippen LogP contribution in [-0.2, 0) is 0 Å². The monoisotopic (exact) mass is 220 g/mol. The fourth-order valence-electron chi connectivity index (χ4n) is 2.29. The molecule has 16 heavy (non-hydrogen) atoms. The summed E-state index contributed by atoms with van der Waals surface area (Å²) >= 11 is 0. The van der Waals surface area contributed by atoms with E-state index in [4.69, 9.17) is 5.73 Å². The lowest BCUT2D eigenvalue weighted by molar-refractivity contribution is 0.210. The molecule has 1 aromatic carbocycles. The number of rotatable bonds is 2. The quantitative estimate of drug-likeness (QED) is 0.787. The van der Waals surface area contributed by atoms with Crippen LogP contribution in [0.5, 0.6) is 0 Å². The molecule has 0 aliphatic carbocycles. The van der Waals surface area contributed by atoms with Gasteiger partial charge in [0, 0.05) is 18.8 Å². The summed E-state index contributed by atoms with van der Waals surface area (Å²) in [7, 11) is 0. The number of hydrogen-bond acceptors (Lipinski definition) is 3. The highest BCUT2D eigenvalue weighted by Gasteiger charge is 2.34. The first-order valence-corrected chi connectivity index (χ1v) is 5.76. The van der Waals surface area contributed by atoms with Crippen LogP contribution in [0.2, 0.25) is 0 Å². The van der Waals surface area contributed by atoms with Crippen LogP contribution in [0.15, 0.2) is 18.2 Å². The second-order valence-corrected chi connectivity index (χ2v) is 4.98. The molecule has 1 unspecified atom stereocenters. The molecule has 0 radical (unpaired) electrons. The number of benzene rings is 1. The van der Waals surface area contributed by atoms with Gasteiger partial charge in [0.05, 0.1) is 12.1 Å². The zero-order valence-electron chi connectivity index (χ0n) is 10.0. The minimum absolute atomic E-state index is 0.0639. The summed E-state index contributed by atoms with van der Waals surface area (Å²) in [5, 5.41) is 9.26. The molecule has 1 aromatic rings. The van der Waals surface area contributed by atoms with Crippen molar-refractivity contribution in [2.45, 2.75) is 25.8 Å². The predicted molar refractivity (Wildman–Crippen MR) is 66.8 cm³/mol. The summed E-state index contributed by atoms with van der Waals surface area (Å²) in [5.74, 6) is 0. The van der Waals surface area contributed by atoms with Crippen molar-refractivity contribution in [2.75, 3.05) is 24.6 Å². The maximum atomic E-state index is 9.26. The first-order valence-electron chi connectivity index (χ1n) is 5.76. The second kappa shape index (κ2) is 4.07. The maximum absolute atomic E-state index is 9.26. The van der Waals surface area contributed by atoms with Crippen LogP contribution in [0.1, 0.15) is 17.5 Å². The normalized spacial score (nSPS) is 25.1. The Balaban J connectivity index is 2.23. The van der Waals surface area contributed by atoms with Crippen LogP contribution in [0.25, 0.3) is 0 Å². The minimum Gasteiger partial charge on any atom is -0.394 e. The zero-order chi connectivity index (χ0) is 11.8. The lowest BCUT2D eigenvalue weighted by atomic mass is 10.0. The van der Waals surface area contributed by atoms with Crippen molar-refractivity contribution in [3.05, 3.63) is 29.3 Å². The highest BCUT2D eigenvalue weighted by atomic mass is 16.3. The number of aliphatic hydroxyl groups is 1. The van der Waals surface area contributed by atoms with E-state index in [1.165, 1.54) is 16.8 Å². The average molecular weight is 220 g/mol. The molecule has 3 heteroatoms. The van der Waals surface area contributed by atoms with Gasteiger partial charge in [0.15, 0.2) is 0 Å². The Hall–Kier alpha value is -1.06. The van der Waals surface area contributed by atoms with Crippen LogP contribution < -0.4 is 10.6 Å². The fraction of sp³-hybridized carbons (Fsp3) is 0.538. The van der Waals surface area contributed by atoms with Crippen molar-refractivity contribution in [3.8, 4) is 0 Å². The van der Waals surface area contributed by atoms with Gasteiger partial charge in [0.2, 0.25) is 0 Å². The van der Waals surface area contributed by atoms with E-state index in [1.807, 2.05) is 0 Å².